The molecule has 3 amide bonds. The summed E-state index contributed by atoms with van der Waals surface area (Å²) < 4.78 is 9.42. The van der Waals surface area contributed by atoms with E-state index in [4.69, 9.17) is 4.42 Å². The Kier molecular flexibility index (Phi) is 5.94. The quantitative estimate of drug-likeness (QED) is 0.728. The summed E-state index contributed by atoms with van der Waals surface area (Å²) in [5.41, 5.74) is 0. The summed E-state index contributed by atoms with van der Waals surface area (Å²) in [5.74, 6) is -1.61. The number of hydrazine groups is 1. The van der Waals surface area contributed by atoms with Gasteiger partial charge in [-0.25, -0.2) is 5.01 Å². The van der Waals surface area contributed by atoms with Crippen LogP contribution in [-0.4, -0.2) is 60.5 Å². The van der Waals surface area contributed by atoms with Crippen LogP contribution in [0.4, 0.5) is 0 Å². The first kappa shape index (κ1) is 17.5. The lowest BCUT2D eigenvalue weighted by Gasteiger charge is -2.27. The van der Waals surface area contributed by atoms with E-state index in [1.807, 2.05) is 0 Å². The van der Waals surface area contributed by atoms with Crippen LogP contribution in [-0.2, 0) is 19.1 Å². The third-order valence-electron chi connectivity index (χ3n) is 3.52. The van der Waals surface area contributed by atoms with E-state index < -0.39 is 17.8 Å². The molecular weight excluding hydrogens is 318 g/mol. The Morgan fingerprint density at radius 1 is 1.17 bits per heavy atom. The third-order valence-corrected chi connectivity index (χ3v) is 3.52. The van der Waals surface area contributed by atoms with Gasteiger partial charge in [0.1, 0.15) is 0 Å². The molecule has 0 atom stereocenters. The summed E-state index contributed by atoms with van der Waals surface area (Å²) in [6, 6.07) is 3.05. The average molecular weight is 337 g/mol. The van der Waals surface area contributed by atoms with Crippen LogP contribution >= 0.6 is 0 Å². The van der Waals surface area contributed by atoms with Gasteiger partial charge in [0.25, 0.3) is 11.8 Å². The second kappa shape index (κ2) is 8.14. The van der Waals surface area contributed by atoms with Crippen LogP contribution in [0, 0.1) is 0 Å². The van der Waals surface area contributed by atoms with Crippen molar-refractivity contribution in [3.05, 3.63) is 24.2 Å². The molecule has 1 aromatic heterocycles. The highest BCUT2D eigenvalue weighted by molar-refractivity contribution is 5.94. The highest BCUT2D eigenvalue weighted by Crippen LogP contribution is 2.13. The number of carbonyl (C=O) groups excluding carboxylic acids is 4. The van der Waals surface area contributed by atoms with Crippen LogP contribution in [0.25, 0.3) is 0 Å². The van der Waals surface area contributed by atoms with Crippen LogP contribution in [0.1, 0.15) is 29.8 Å². The van der Waals surface area contributed by atoms with Crippen molar-refractivity contribution in [2.24, 2.45) is 0 Å². The summed E-state index contributed by atoms with van der Waals surface area (Å²) in [5, 5.41) is 5.05. The fourth-order valence-electron chi connectivity index (χ4n) is 2.31. The molecule has 9 heteroatoms. The van der Waals surface area contributed by atoms with E-state index >= 15 is 0 Å². The molecule has 0 spiro atoms. The fraction of sp³-hybridized carbons (Fsp3) is 0.467. The van der Waals surface area contributed by atoms with Crippen molar-refractivity contribution in [3.63, 3.8) is 0 Å². The monoisotopic (exact) mass is 337 g/mol. The van der Waals surface area contributed by atoms with Gasteiger partial charge in [-0.05, 0) is 18.6 Å². The van der Waals surface area contributed by atoms with Crippen molar-refractivity contribution >= 4 is 23.7 Å². The summed E-state index contributed by atoms with van der Waals surface area (Å²) in [7, 11) is 1.25. The van der Waals surface area contributed by atoms with Crippen LogP contribution in [0.2, 0.25) is 0 Å². The number of esters is 1. The van der Waals surface area contributed by atoms with E-state index in [9.17, 15) is 19.2 Å². The summed E-state index contributed by atoms with van der Waals surface area (Å²) in [6.07, 6.45) is 1.93. The maximum atomic E-state index is 12.2. The van der Waals surface area contributed by atoms with Gasteiger partial charge < -0.3 is 14.5 Å². The Morgan fingerprint density at radius 3 is 2.50 bits per heavy atom. The molecule has 2 heterocycles. The van der Waals surface area contributed by atoms with Crippen molar-refractivity contribution < 1.29 is 28.3 Å². The van der Waals surface area contributed by atoms with Gasteiger partial charge >= 0.3 is 5.97 Å². The topological polar surface area (TPSA) is 109 Å². The number of nitrogens with one attached hydrogen (secondary N) is 1. The van der Waals surface area contributed by atoms with E-state index in [2.05, 4.69) is 10.1 Å². The minimum Gasteiger partial charge on any atom is -0.469 e. The van der Waals surface area contributed by atoms with Gasteiger partial charge in [0.15, 0.2) is 5.76 Å². The molecule has 1 N–H and O–H groups in total. The molecule has 0 aliphatic carbocycles. The van der Waals surface area contributed by atoms with Gasteiger partial charge in [0.2, 0.25) is 5.91 Å². The molecule has 0 bridgehead atoms. The van der Waals surface area contributed by atoms with E-state index in [-0.39, 0.29) is 31.1 Å². The lowest BCUT2D eigenvalue weighted by molar-refractivity contribution is -0.158. The minimum atomic E-state index is -0.504. The predicted molar refractivity (Wildman–Crippen MR) is 80.3 cm³/mol. The van der Waals surface area contributed by atoms with Gasteiger partial charge in [0, 0.05) is 19.5 Å². The second-order valence-electron chi connectivity index (χ2n) is 5.12. The summed E-state index contributed by atoms with van der Waals surface area (Å²) >= 11 is 0. The Labute approximate surface area is 138 Å². The molecule has 0 unspecified atom stereocenters. The molecule has 1 fully saturated rings. The van der Waals surface area contributed by atoms with E-state index in [1.165, 1.54) is 29.5 Å². The van der Waals surface area contributed by atoms with Gasteiger partial charge in [-0.1, -0.05) is 0 Å². The van der Waals surface area contributed by atoms with E-state index in [0.717, 1.165) is 0 Å². The molecule has 130 valence electrons. The van der Waals surface area contributed by atoms with Gasteiger partial charge in [-0.3, -0.25) is 24.2 Å². The smallest absolute Gasteiger partial charge is 0.306 e. The number of ether oxygens (including phenoxy) is 1. The first-order valence-electron chi connectivity index (χ1n) is 7.52. The van der Waals surface area contributed by atoms with Crippen LogP contribution in [0.5, 0.6) is 0 Å². The number of amides is 3. The molecule has 2 rings (SSSR count). The number of carbonyl (C=O) groups is 4. The summed E-state index contributed by atoms with van der Waals surface area (Å²) in [6.45, 7) is 0.539. The highest BCUT2D eigenvalue weighted by Gasteiger charge is 2.30. The molecule has 9 nitrogen and oxygen atoms in total. The van der Waals surface area contributed by atoms with Crippen molar-refractivity contribution in [1.29, 1.82) is 0 Å². The Hall–Kier alpha value is -2.84. The van der Waals surface area contributed by atoms with Crippen molar-refractivity contribution in [2.45, 2.75) is 19.3 Å². The van der Waals surface area contributed by atoms with Crippen molar-refractivity contribution in [3.8, 4) is 0 Å². The second-order valence-corrected chi connectivity index (χ2v) is 5.12. The number of methoxy groups -OCH3 is 1. The highest BCUT2D eigenvalue weighted by atomic mass is 16.5. The normalized spacial score (nSPS) is 13.7. The van der Waals surface area contributed by atoms with Crippen LogP contribution in [0.15, 0.2) is 22.8 Å². The molecule has 0 saturated carbocycles. The molecule has 24 heavy (non-hydrogen) atoms. The minimum absolute atomic E-state index is 0.0325. The van der Waals surface area contributed by atoms with E-state index in [0.29, 0.717) is 19.5 Å². The zero-order chi connectivity index (χ0) is 17.5. The number of hydrogen-bond donors (Lipinski definition) is 1. The maximum absolute atomic E-state index is 12.2. The molecule has 1 aliphatic rings. The van der Waals surface area contributed by atoms with E-state index in [1.54, 1.807) is 6.07 Å². The largest absolute Gasteiger partial charge is 0.469 e. The average Bonchev–Trinajstić information content (AvgIpc) is 3.28. The standard InChI is InChI=1S/C15H19N3O6/c1-23-14(21)6-5-12(19)17-7-3-8-18(17)13(20)10-16-15(22)11-4-2-9-24-11/h2,4,9H,3,5-8,10H2,1H3,(H,16,22). The number of nitrogens with zero attached hydrogens (tertiary/aromatic N) is 2. The SMILES string of the molecule is COC(=O)CCC(=O)N1CCCN1C(=O)CNC(=O)c1ccco1. The Morgan fingerprint density at radius 2 is 1.88 bits per heavy atom. The summed E-state index contributed by atoms with van der Waals surface area (Å²) in [4.78, 5) is 47.2. The number of rotatable bonds is 6. The Bertz CT molecular complexity index is 613. The third kappa shape index (κ3) is 4.34. The lowest BCUT2D eigenvalue weighted by Crippen LogP contribution is -2.48. The van der Waals surface area contributed by atoms with Gasteiger partial charge in [-0.15, -0.1) is 0 Å². The Balaban J connectivity index is 1.85. The molecule has 1 aromatic rings. The molecule has 1 saturated heterocycles. The number of hydrogen-bond acceptors (Lipinski definition) is 6. The first-order chi connectivity index (χ1) is 11.5. The van der Waals surface area contributed by atoms with Crippen LogP contribution in [0.3, 0.4) is 0 Å². The zero-order valence-corrected chi connectivity index (χ0v) is 13.3. The lowest BCUT2D eigenvalue weighted by atomic mass is 10.3. The molecule has 0 aromatic carbocycles. The zero-order valence-electron chi connectivity index (χ0n) is 13.3. The number of furan rings is 1. The molecular formula is C15H19N3O6. The van der Waals surface area contributed by atoms with Gasteiger partial charge in [0.05, 0.1) is 26.3 Å². The molecule has 0 radical (unpaired) electrons. The maximum Gasteiger partial charge on any atom is 0.306 e. The fourth-order valence-corrected chi connectivity index (χ4v) is 2.31. The van der Waals surface area contributed by atoms with Crippen molar-refractivity contribution in [1.82, 2.24) is 15.3 Å². The van der Waals surface area contributed by atoms with Crippen molar-refractivity contribution in [2.75, 3.05) is 26.7 Å². The van der Waals surface area contributed by atoms with Gasteiger partial charge in [-0.2, -0.15) is 0 Å². The molecule has 1 aliphatic heterocycles. The predicted octanol–water partition coefficient (Wildman–Crippen LogP) is -0.0615. The first-order valence-corrected chi connectivity index (χ1v) is 7.52. The van der Waals surface area contributed by atoms with Crippen LogP contribution < -0.4 is 5.32 Å².